The van der Waals surface area contributed by atoms with Gasteiger partial charge >= 0.3 is 0 Å². The minimum atomic E-state index is -0.765. The lowest BCUT2D eigenvalue weighted by molar-refractivity contribution is -0.123. The van der Waals surface area contributed by atoms with Gasteiger partial charge in [0.25, 0.3) is 0 Å². The standard InChI is InChI=1S/C34H27F3N4O3S/c1-44-26-14-12-25(13-15-26)41-34-31(32(39-41)22-5-3-2-4-6-22)33(27-16-11-24(36)17-28(27)37)45-20-30(43)40(34)19-29(42)38-18-21-7-9-23(35)10-8-21/h2-17,33H,18-20H2,1H3,(H,38,42)/t33-/m1/s1. The molecule has 0 aliphatic carbocycles. The van der Waals surface area contributed by atoms with Crippen LogP contribution in [0, 0.1) is 17.5 Å². The number of carbonyl (C=O) groups is 2. The third kappa shape index (κ3) is 6.30. The fourth-order valence-corrected chi connectivity index (χ4v) is 6.41. The lowest BCUT2D eigenvalue weighted by atomic mass is 9.99. The van der Waals surface area contributed by atoms with Gasteiger partial charge in [-0.3, -0.25) is 14.5 Å². The van der Waals surface area contributed by atoms with Crippen molar-refractivity contribution in [2.45, 2.75) is 11.8 Å². The maximum absolute atomic E-state index is 15.4. The highest BCUT2D eigenvalue weighted by Crippen LogP contribution is 2.49. The molecule has 1 aliphatic heterocycles. The van der Waals surface area contributed by atoms with E-state index < -0.39 is 34.5 Å². The number of anilines is 1. The third-order valence-corrected chi connectivity index (χ3v) is 8.64. The first-order valence-corrected chi connectivity index (χ1v) is 15.1. The van der Waals surface area contributed by atoms with Crippen molar-refractivity contribution in [3.05, 3.63) is 131 Å². The highest BCUT2D eigenvalue weighted by atomic mass is 32.2. The number of carbonyl (C=O) groups excluding carboxylic acids is 2. The van der Waals surface area contributed by atoms with Crippen LogP contribution in [0.5, 0.6) is 5.75 Å². The lowest BCUT2D eigenvalue weighted by Crippen LogP contribution is -2.42. The van der Waals surface area contributed by atoms with Gasteiger partial charge < -0.3 is 10.1 Å². The predicted octanol–water partition coefficient (Wildman–Crippen LogP) is 6.45. The predicted molar refractivity (Wildman–Crippen MR) is 167 cm³/mol. The van der Waals surface area contributed by atoms with E-state index in [2.05, 4.69) is 5.32 Å². The highest BCUT2D eigenvalue weighted by molar-refractivity contribution is 8.00. The van der Waals surface area contributed by atoms with Gasteiger partial charge in [-0.25, -0.2) is 17.9 Å². The summed E-state index contributed by atoms with van der Waals surface area (Å²) in [7, 11) is 1.55. The number of amides is 2. The van der Waals surface area contributed by atoms with Crippen molar-refractivity contribution >= 4 is 29.4 Å². The Kier molecular flexibility index (Phi) is 8.61. The number of benzene rings is 4. The number of thioether (sulfide) groups is 1. The van der Waals surface area contributed by atoms with Crippen LogP contribution < -0.4 is 15.0 Å². The molecule has 0 saturated heterocycles. The molecule has 0 radical (unpaired) electrons. The fraction of sp³-hybridized carbons (Fsp3) is 0.147. The smallest absolute Gasteiger partial charge is 0.240 e. The van der Waals surface area contributed by atoms with Gasteiger partial charge in [-0.05, 0) is 48.0 Å². The Morgan fingerprint density at radius 3 is 2.36 bits per heavy atom. The quantitative estimate of drug-likeness (QED) is 0.214. The third-order valence-electron chi connectivity index (χ3n) is 7.40. The van der Waals surface area contributed by atoms with Gasteiger partial charge in [0.1, 0.15) is 35.6 Å². The Bertz CT molecular complexity index is 1850. The summed E-state index contributed by atoms with van der Waals surface area (Å²) in [6.07, 6.45) is 0. The molecular weight excluding hydrogens is 601 g/mol. The van der Waals surface area contributed by atoms with Crippen molar-refractivity contribution in [1.82, 2.24) is 15.1 Å². The molecular formula is C34H27F3N4O3S. The van der Waals surface area contributed by atoms with E-state index in [1.165, 1.54) is 40.9 Å². The monoisotopic (exact) mass is 628 g/mol. The van der Waals surface area contributed by atoms with Crippen LogP contribution in [0.25, 0.3) is 16.9 Å². The number of hydrogen-bond acceptors (Lipinski definition) is 5. The first kappa shape index (κ1) is 30.0. The molecule has 45 heavy (non-hydrogen) atoms. The summed E-state index contributed by atoms with van der Waals surface area (Å²) in [4.78, 5) is 28.5. The summed E-state index contributed by atoms with van der Waals surface area (Å²) in [6, 6.07) is 25.4. The second kappa shape index (κ2) is 12.9. The molecule has 7 nitrogen and oxygen atoms in total. The van der Waals surface area contributed by atoms with Crippen LogP contribution >= 0.6 is 11.8 Å². The average molecular weight is 629 g/mol. The van der Waals surface area contributed by atoms with E-state index >= 15 is 4.39 Å². The molecule has 1 N–H and O–H groups in total. The van der Waals surface area contributed by atoms with Gasteiger partial charge in [0.05, 0.1) is 29.5 Å². The minimum Gasteiger partial charge on any atom is -0.497 e. The molecule has 0 saturated carbocycles. The molecule has 1 aliphatic rings. The molecule has 0 fully saturated rings. The topological polar surface area (TPSA) is 76.5 Å². The number of hydrogen-bond donors (Lipinski definition) is 1. The molecule has 1 atom stereocenters. The number of ether oxygens (including phenoxy) is 1. The van der Waals surface area contributed by atoms with E-state index in [-0.39, 0.29) is 24.4 Å². The van der Waals surface area contributed by atoms with Gasteiger partial charge in [-0.1, -0.05) is 48.5 Å². The van der Waals surface area contributed by atoms with Gasteiger partial charge in [-0.2, -0.15) is 5.10 Å². The fourth-order valence-electron chi connectivity index (χ4n) is 5.19. The Balaban J connectivity index is 1.51. The molecule has 2 amide bonds. The molecule has 0 spiro atoms. The minimum absolute atomic E-state index is 0.0851. The molecule has 0 unspecified atom stereocenters. The zero-order chi connectivity index (χ0) is 31.5. The van der Waals surface area contributed by atoms with Crippen molar-refractivity contribution in [2.75, 3.05) is 24.3 Å². The van der Waals surface area contributed by atoms with Crippen LogP contribution in [0.1, 0.15) is 21.9 Å². The van der Waals surface area contributed by atoms with E-state index in [0.717, 1.165) is 6.07 Å². The number of nitrogens with one attached hydrogen (secondary N) is 1. The Labute approximate surface area is 261 Å². The number of methoxy groups -OCH3 is 1. The number of fused-ring (bicyclic) bond motifs is 1. The molecule has 2 heterocycles. The van der Waals surface area contributed by atoms with Gasteiger partial charge in [-0.15, -0.1) is 11.8 Å². The van der Waals surface area contributed by atoms with Crippen molar-refractivity contribution in [2.24, 2.45) is 0 Å². The highest BCUT2D eigenvalue weighted by Gasteiger charge is 2.38. The maximum Gasteiger partial charge on any atom is 0.240 e. The Morgan fingerprint density at radius 2 is 1.67 bits per heavy atom. The summed E-state index contributed by atoms with van der Waals surface area (Å²) in [5.74, 6) is -1.90. The largest absolute Gasteiger partial charge is 0.497 e. The van der Waals surface area contributed by atoms with Crippen molar-refractivity contribution < 1.29 is 27.5 Å². The zero-order valence-corrected chi connectivity index (χ0v) is 24.9. The molecule has 228 valence electrons. The second-order valence-electron chi connectivity index (χ2n) is 10.3. The summed E-state index contributed by atoms with van der Waals surface area (Å²) in [5.41, 5.74) is 3.14. The average Bonchev–Trinajstić information content (AvgIpc) is 3.38. The van der Waals surface area contributed by atoms with Crippen LogP contribution in [-0.2, 0) is 16.1 Å². The molecule has 0 bridgehead atoms. The number of aromatic nitrogens is 2. The van der Waals surface area contributed by atoms with Gasteiger partial charge in [0.15, 0.2) is 0 Å². The van der Waals surface area contributed by atoms with Gasteiger partial charge in [0.2, 0.25) is 11.8 Å². The van der Waals surface area contributed by atoms with Crippen molar-refractivity contribution in [3.63, 3.8) is 0 Å². The van der Waals surface area contributed by atoms with Crippen LogP contribution in [0.2, 0.25) is 0 Å². The van der Waals surface area contributed by atoms with E-state index in [1.54, 1.807) is 48.2 Å². The van der Waals surface area contributed by atoms with Crippen molar-refractivity contribution in [3.8, 4) is 22.7 Å². The maximum atomic E-state index is 15.4. The van der Waals surface area contributed by atoms with Crippen LogP contribution in [0.4, 0.5) is 19.0 Å². The summed E-state index contributed by atoms with van der Waals surface area (Å²) in [5, 5.41) is 6.98. The molecule has 6 rings (SSSR count). The second-order valence-corrected chi connectivity index (χ2v) is 11.4. The Hall–Kier alpha value is -5.03. The van der Waals surface area contributed by atoms with E-state index in [9.17, 15) is 18.4 Å². The summed E-state index contributed by atoms with van der Waals surface area (Å²) in [6.45, 7) is -0.235. The zero-order valence-electron chi connectivity index (χ0n) is 24.0. The number of rotatable bonds is 8. The van der Waals surface area contributed by atoms with Crippen LogP contribution in [0.3, 0.4) is 0 Å². The van der Waals surface area contributed by atoms with E-state index in [0.29, 0.717) is 39.6 Å². The van der Waals surface area contributed by atoms with E-state index in [1.807, 2.05) is 30.3 Å². The normalized spacial score (nSPS) is 14.5. The SMILES string of the molecule is COc1ccc(-n2nc(-c3ccccc3)c3c2N(CC(=O)NCc2ccc(F)cc2)C(=O)CS[C@@H]3c2ccc(F)cc2F)cc1. The van der Waals surface area contributed by atoms with E-state index in [4.69, 9.17) is 9.84 Å². The first-order chi connectivity index (χ1) is 21.8. The first-order valence-electron chi connectivity index (χ1n) is 14.0. The summed E-state index contributed by atoms with van der Waals surface area (Å²) >= 11 is 1.18. The van der Waals surface area contributed by atoms with Crippen LogP contribution in [-0.4, -0.2) is 41.0 Å². The molecule has 4 aromatic carbocycles. The van der Waals surface area contributed by atoms with Gasteiger partial charge in [0, 0.05) is 29.3 Å². The summed E-state index contributed by atoms with van der Waals surface area (Å²) < 4.78 is 49.7. The molecule has 1 aromatic heterocycles. The van der Waals surface area contributed by atoms with Crippen molar-refractivity contribution in [1.29, 1.82) is 0 Å². The lowest BCUT2D eigenvalue weighted by Gasteiger charge is -2.23. The molecule has 11 heteroatoms. The number of nitrogens with zero attached hydrogens (tertiary/aromatic N) is 3. The Morgan fingerprint density at radius 1 is 0.956 bits per heavy atom. The van der Waals surface area contributed by atoms with Crippen LogP contribution in [0.15, 0.2) is 97.1 Å². The number of halogens is 3. The molecule has 5 aromatic rings.